The summed E-state index contributed by atoms with van der Waals surface area (Å²) in [4.78, 5) is 30.2. The first kappa shape index (κ1) is 20.7. The lowest BCUT2D eigenvalue weighted by Gasteiger charge is -2.12. The molecular formula is C22H24N4O2S. The third-order valence-corrected chi connectivity index (χ3v) is 5.35. The number of aryl methyl sites for hydroxylation is 2. The Morgan fingerprint density at radius 3 is 2.52 bits per heavy atom. The van der Waals surface area contributed by atoms with E-state index in [2.05, 4.69) is 42.3 Å². The molecule has 7 heteroatoms. The van der Waals surface area contributed by atoms with Gasteiger partial charge in [-0.25, -0.2) is 4.98 Å². The van der Waals surface area contributed by atoms with Gasteiger partial charge >= 0.3 is 0 Å². The van der Waals surface area contributed by atoms with Gasteiger partial charge in [0.2, 0.25) is 5.91 Å². The van der Waals surface area contributed by atoms with Crippen molar-refractivity contribution in [3.8, 4) is 5.69 Å². The number of hydrogen-bond donors (Lipinski definition) is 1. The molecule has 6 nitrogen and oxygen atoms in total. The first-order valence-corrected chi connectivity index (χ1v) is 10.2. The minimum Gasteiger partial charge on any atom is -0.345 e. The summed E-state index contributed by atoms with van der Waals surface area (Å²) >= 11 is 1.38. The first-order chi connectivity index (χ1) is 13.8. The summed E-state index contributed by atoms with van der Waals surface area (Å²) in [6, 6.07) is 13.1. The summed E-state index contributed by atoms with van der Waals surface area (Å²) < 4.78 is 2.00. The lowest BCUT2D eigenvalue weighted by molar-refractivity contribution is -0.113. The fourth-order valence-corrected chi connectivity index (χ4v) is 3.61. The molecule has 150 valence electrons. The number of hydrogen-bond acceptors (Lipinski definition) is 4. The Hall–Kier alpha value is -3.06. The quantitative estimate of drug-likeness (QED) is 0.628. The van der Waals surface area contributed by atoms with E-state index in [1.807, 2.05) is 10.8 Å². The minimum atomic E-state index is -0.128. The van der Waals surface area contributed by atoms with Crippen molar-refractivity contribution >= 4 is 29.3 Å². The van der Waals surface area contributed by atoms with Crippen LogP contribution in [-0.4, -0.2) is 46.1 Å². The summed E-state index contributed by atoms with van der Waals surface area (Å²) in [5.74, 6) is 0.0363. The maximum absolute atomic E-state index is 12.4. The largest absolute Gasteiger partial charge is 0.345 e. The summed E-state index contributed by atoms with van der Waals surface area (Å²) in [5.41, 5.74) is 4.62. The van der Waals surface area contributed by atoms with Crippen LogP contribution in [0.4, 0.5) is 5.69 Å². The molecule has 0 aliphatic rings. The van der Waals surface area contributed by atoms with Crippen molar-refractivity contribution in [1.82, 2.24) is 14.5 Å². The van der Waals surface area contributed by atoms with E-state index >= 15 is 0 Å². The average molecular weight is 409 g/mol. The molecule has 0 bridgehead atoms. The van der Waals surface area contributed by atoms with Gasteiger partial charge in [0.15, 0.2) is 5.16 Å². The molecule has 0 radical (unpaired) electrons. The SMILES string of the molecule is Cc1ccc(C)c(-n2ccnc2SCC(=O)Nc2ccc(C(=O)N(C)C)cc2)c1. The number of nitrogens with one attached hydrogen (secondary N) is 1. The van der Waals surface area contributed by atoms with Gasteiger partial charge in [0.05, 0.1) is 11.4 Å². The highest BCUT2D eigenvalue weighted by Gasteiger charge is 2.12. The van der Waals surface area contributed by atoms with Crippen molar-refractivity contribution in [2.45, 2.75) is 19.0 Å². The Kier molecular flexibility index (Phi) is 6.39. The Balaban J connectivity index is 1.63. The molecule has 0 spiro atoms. The van der Waals surface area contributed by atoms with Crippen molar-refractivity contribution in [1.29, 1.82) is 0 Å². The van der Waals surface area contributed by atoms with Gasteiger partial charge < -0.3 is 10.2 Å². The van der Waals surface area contributed by atoms with Crippen LogP contribution in [0.3, 0.4) is 0 Å². The first-order valence-electron chi connectivity index (χ1n) is 9.20. The molecule has 3 aromatic rings. The van der Waals surface area contributed by atoms with E-state index in [-0.39, 0.29) is 17.6 Å². The molecule has 0 aliphatic heterocycles. The molecule has 0 atom stereocenters. The highest BCUT2D eigenvalue weighted by Crippen LogP contribution is 2.24. The highest BCUT2D eigenvalue weighted by molar-refractivity contribution is 7.99. The third kappa shape index (κ3) is 5.06. The molecule has 3 rings (SSSR count). The maximum Gasteiger partial charge on any atom is 0.253 e. The van der Waals surface area contributed by atoms with Crippen molar-refractivity contribution in [2.75, 3.05) is 25.2 Å². The number of amides is 2. The molecule has 29 heavy (non-hydrogen) atoms. The number of aromatic nitrogens is 2. The van der Waals surface area contributed by atoms with Crippen LogP contribution in [0, 0.1) is 13.8 Å². The predicted molar refractivity (Wildman–Crippen MR) is 117 cm³/mol. The van der Waals surface area contributed by atoms with E-state index in [0.29, 0.717) is 11.3 Å². The lowest BCUT2D eigenvalue weighted by Crippen LogP contribution is -2.21. The molecular weight excluding hydrogens is 384 g/mol. The van der Waals surface area contributed by atoms with Crippen LogP contribution in [0.25, 0.3) is 5.69 Å². The van der Waals surface area contributed by atoms with Crippen LogP contribution in [0.1, 0.15) is 21.5 Å². The molecule has 0 saturated carbocycles. The standard InChI is InChI=1S/C22H24N4O2S/c1-15-5-6-16(2)19(13-15)26-12-11-23-22(26)29-14-20(27)24-18-9-7-17(8-10-18)21(28)25(3)4/h5-13H,14H2,1-4H3,(H,24,27). The monoisotopic (exact) mass is 408 g/mol. The number of nitrogens with zero attached hydrogens (tertiary/aromatic N) is 3. The lowest BCUT2D eigenvalue weighted by atomic mass is 10.1. The van der Waals surface area contributed by atoms with E-state index in [1.165, 1.54) is 22.2 Å². The Bertz CT molecular complexity index is 1030. The third-order valence-electron chi connectivity index (χ3n) is 4.39. The van der Waals surface area contributed by atoms with E-state index < -0.39 is 0 Å². The molecule has 2 amide bonds. The summed E-state index contributed by atoms with van der Waals surface area (Å²) in [5, 5.41) is 3.62. The van der Waals surface area contributed by atoms with Crippen molar-refractivity contribution in [3.05, 3.63) is 71.5 Å². The van der Waals surface area contributed by atoms with E-state index in [1.54, 1.807) is 44.6 Å². The Labute approximate surface area is 174 Å². The molecule has 1 heterocycles. The fraction of sp³-hybridized carbons (Fsp3) is 0.227. The van der Waals surface area contributed by atoms with Gasteiger partial charge in [-0.3, -0.25) is 14.2 Å². The number of rotatable bonds is 6. The molecule has 1 aromatic heterocycles. The van der Waals surface area contributed by atoms with Gasteiger partial charge in [0, 0.05) is 37.7 Å². The van der Waals surface area contributed by atoms with Crippen LogP contribution in [0.5, 0.6) is 0 Å². The van der Waals surface area contributed by atoms with Crippen molar-refractivity contribution in [2.24, 2.45) is 0 Å². The number of imidazole rings is 1. The van der Waals surface area contributed by atoms with Gasteiger partial charge in [-0.1, -0.05) is 23.9 Å². The minimum absolute atomic E-state index is 0.0725. The molecule has 1 N–H and O–H groups in total. The summed E-state index contributed by atoms with van der Waals surface area (Å²) in [6.07, 6.45) is 3.64. The molecule has 0 saturated heterocycles. The van der Waals surface area contributed by atoms with Crippen molar-refractivity contribution < 1.29 is 9.59 Å². The van der Waals surface area contributed by atoms with Crippen LogP contribution in [0.15, 0.2) is 60.0 Å². The summed E-state index contributed by atoms with van der Waals surface area (Å²) in [7, 11) is 3.41. The topological polar surface area (TPSA) is 67.2 Å². The zero-order valence-electron chi connectivity index (χ0n) is 17.0. The molecule has 0 fully saturated rings. The predicted octanol–water partition coefficient (Wildman–Crippen LogP) is 3.92. The van der Waals surface area contributed by atoms with Gasteiger partial charge in [0.1, 0.15) is 0 Å². The van der Waals surface area contributed by atoms with Gasteiger partial charge in [-0.05, 0) is 55.3 Å². The van der Waals surface area contributed by atoms with Gasteiger partial charge in [-0.2, -0.15) is 0 Å². The number of carbonyl (C=O) groups excluding carboxylic acids is 2. The summed E-state index contributed by atoms with van der Waals surface area (Å²) in [6.45, 7) is 4.11. The number of thioether (sulfide) groups is 1. The van der Waals surface area contributed by atoms with E-state index in [9.17, 15) is 9.59 Å². The second-order valence-electron chi connectivity index (χ2n) is 6.98. The molecule has 0 unspecified atom stereocenters. The molecule has 2 aromatic carbocycles. The van der Waals surface area contributed by atoms with E-state index in [4.69, 9.17) is 0 Å². The second kappa shape index (κ2) is 8.96. The van der Waals surface area contributed by atoms with Gasteiger partial charge in [0.25, 0.3) is 5.91 Å². The Morgan fingerprint density at radius 2 is 1.83 bits per heavy atom. The van der Waals surface area contributed by atoms with Crippen LogP contribution in [0.2, 0.25) is 0 Å². The number of carbonyl (C=O) groups is 2. The zero-order chi connectivity index (χ0) is 21.0. The normalized spacial score (nSPS) is 10.6. The highest BCUT2D eigenvalue weighted by atomic mass is 32.2. The smallest absolute Gasteiger partial charge is 0.253 e. The van der Waals surface area contributed by atoms with Crippen LogP contribution < -0.4 is 5.32 Å². The fourth-order valence-electron chi connectivity index (χ4n) is 2.84. The average Bonchev–Trinajstić information content (AvgIpc) is 3.16. The Morgan fingerprint density at radius 1 is 1.10 bits per heavy atom. The van der Waals surface area contributed by atoms with Crippen molar-refractivity contribution in [3.63, 3.8) is 0 Å². The van der Waals surface area contributed by atoms with Gasteiger partial charge in [-0.15, -0.1) is 0 Å². The molecule has 0 aliphatic carbocycles. The number of anilines is 1. The van der Waals surface area contributed by atoms with Crippen LogP contribution >= 0.6 is 11.8 Å². The maximum atomic E-state index is 12.4. The zero-order valence-corrected chi connectivity index (χ0v) is 17.8. The van der Waals surface area contributed by atoms with E-state index in [0.717, 1.165) is 16.4 Å². The van der Waals surface area contributed by atoms with Crippen LogP contribution in [-0.2, 0) is 4.79 Å². The number of benzene rings is 2. The second-order valence-corrected chi connectivity index (χ2v) is 7.93.